The van der Waals surface area contributed by atoms with Crippen LogP contribution >= 0.6 is 12.6 Å². The Labute approximate surface area is 117 Å². The molecule has 0 bridgehead atoms. The lowest BCUT2D eigenvalue weighted by molar-refractivity contribution is -0.384. The van der Waals surface area contributed by atoms with Gasteiger partial charge in [0, 0.05) is 30.8 Å². The molecule has 6 heteroatoms. The van der Waals surface area contributed by atoms with Crippen LogP contribution < -0.4 is 4.90 Å². The second kappa shape index (κ2) is 6.06. The molecule has 0 spiro atoms. The van der Waals surface area contributed by atoms with E-state index < -0.39 is 4.92 Å². The molecular formula is C13H16N2O3S. The Balaban J connectivity index is 2.23. The van der Waals surface area contributed by atoms with Crippen molar-refractivity contribution in [2.75, 3.05) is 17.2 Å². The van der Waals surface area contributed by atoms with E-state index in [4.69, 9.17) is 0 Å². The zero-order chi connectivity index (χ0) is 13.8. The maximum atomic E-state index is 11.9. The van der Waals surface area contributed by atoms with Gasteiger partial charge in [-0.2, -0.15) is 12.6 Å². The first-order valence-electron chi connectivity index (χ1n) is 6.32. The van der Waals surface area contributed by atoms with Gasteiger partial charge < -0.3 is 4.90 Å². The van der Waals surface area contributed by atoms with E-state index in [2.05, 4.69) is 12.6 Å². The van der Waals surface area contributed by atoms with Crippen molar-refractivity contribution < 1.29 is 9.72 Å². The summed E-state index contributed by atoms with van der Waals surface area (Å²) >= 11 is 4.15. The van der Waals surface area contributed by atoms with Crippen molar-refractivity contribution in [1.82, 2.24) is 0 Å². The third kappa shape index (κ3) is 3.07. The van der Waals surface area contributed by atoms with E-state index in [1.165, 1.54) is 6.07 Å². The zero-order valence-corrected chi connectivity index (χ0v) is 11.4. The molecule has 5 nitrogen and oxygen atoms in total. The highest BCUT2D eigenvalue weighted by Crippen LogP contribution is 2.31. The van der Waals surface area contributed by atoms with E-state index >= 15 is 0 Å². The number of aryl methyl sites for hydroxylation is 1. The summed E-state index contributed by atoms with van der Waals surface area (Å²) in [4.78, 5) is 24.0. The summed E-state index contributed by atoms with van der Waals surface area (Å²) in [6.45, 7) is 0.657. The van der Waals surface area contributed by atoms with Gasteiger partial charge in [-0.05, 0) is 36.6 Å². The van der Waals surface area contributed by atoms with Crippen LogP contribution in [0.5, 0.6) is 0 Å². The molecule has 1 aliphatic rings. The molecule has 1 aliphatic heterocycles. The summed E-state index contributed by atoms with van der Waals surface area (Å²) < 4.78 is 0. The summed E-state index contributed by atoms with van der Waals surface area (Å²) in [7, 11) is 0. The number of benzene rings is 1. The number of carbonyl (C=O) groups excluding carboxylic acids is 1. The number of nitro benzene ring substituents is 1. The van der Waals surface area contributed by atoms with Gasteiger partial charge in [-0.25, -0.2) is 0 Å². The predicted molar refractivity (Wildman–Crippen MR) is 76.9 cm³/mol. The molecular weight excluding hydrogens is 264 g/mol. The number of nitro groups is 1. The monoisotopic (exact) mass is 280 g/mol. The average molecular weight is 280 g/mol. The minimum absolute atomic E-state index is 0.0865. The highest BCUT2D eigenvalue weighted by molar-refractivity contribution is 7.80. The Bertz CT molecular complexity index is 505. The Morgan fingerprint density at radius 3 is 2.79 bits per heavy atom. The lowest BCUT2D eigenvalue weighted by Crippen LogP contribution is -2.35. The van der Waals surface area contributed by atoms with Gasteiger partial charge in [-0.3, -0.25) is 14.9 Å². The minimum Gasteiger partial charge on any atom is -0.312 e. The van der Waals surface area contributed by atoms with Crippen molar-refractivity contribution in [2.24, 2.45) is 0 Å². The van der Waals surface area contributed by atoms with Crippen molar-refractivity contribution in [3.63, 3.8) is 0 Å². The normalized spacial score (nSPS) is 14.4. The van der Waals surface area contributed by atoms with Crippen molar-refractivity contribution >= 4 is 29.9 Å². The molecule has 2 rings (SSSR count). The number of rotatable bonds is 5. The number of nitrogens with zero attached hydrogens (tertiary/aromatic N) is 2. The number of thiol groups is 1. The Kier molecular flexibility index (Phi) is 4.42. The fraction of sp³-hybridized carbons (Fsp3) is 0.462. The van der Waals surface area contributed by atoms with Crippen LogP contribution in [0.4, 0.5) is 11.4 Å². The standard InChI is InChI=1S/C13H16N2O3S/c16-13-6-3-10-9-11(15(17)18)4-5-12(10)14(13)7-1-2-8-19/h4-5,9,19H,1-3,6-8H2. The first kappa shape index (κ1) is 13.9. The van der Waals surface area contributed by atoms with Crippen LogP contribution in [0.3, 0.4) is 0 Å². The van der Waals surface area contributed by atoms with Crippen LogP contribution in [-0.2, 0) is 11.2 Å². The summed E-state index contributed by atoms with van der Waals surface area (Å²) in [6.07, 6.45) is 2.86. The zero-order valence-electron chi connectivity index (χ0n) is 10.5. The van der Waals surface area contributed by atoms with Gasteiger partial charge in [-0.1, -0.05) is 0 Å². The number of anilines is 1. The minimum atomic E-state index is -0.401. The molecule has 1 aromatic rings. The largest absolute Gasteiger partial charge is 0.312 e. The topological polar surface area (TPSA) is 63.4 Å². The molecule has 102 valence electrons. The number of hydrogen-bond donors (Lipinski definition) is 1. The smallest absolute Gasteiger partial charge is 0.269 e. The van der Waals surface area contributed by atoms with Crippen LogP contribution in [0.1, 0.15) is 24.8 Å². The van der Waals surface area contributed by atoms with Crippen molar-refractivity contribution in [3.05, 3.63) is 33.9 Å². The lowest BCUT2D eigenvalue weighted by atomic mass is 10.00. The van der Waals surface area contributed by atoms with E-state index in [0.29, 0.717) is 19.4 Å². The van der Waals surface area contributed by atoms with Crippen LogP contribution in [-0.4, -0.2) is 23.1 Å². The quantitative estimate of drug-likeness (QED) is 0.390. The number of amides is 1. The van der Waals surface area contributed by atoms with Gasteiger partial charge in [0.25, 0.3) is 5.69 Å². The Morgan fingerprint density at radius 2 is 2.11 bits per heavy atom. The first-order chi connectivity index (χ1) is 9.13. The number of non-ortho nitro benzene ring substituents is 1. The fourth-order valence-corrected chi connectivity index (χ4v) is 2.51. The molecule has 1 amide bonds. The molecule has 0 saturated carbocycles. The fourth-order valence-electron chi connectivity index (χ4n) is 2.29. The van der Waals surface area contributed by atoms with E-state index in [1.54, 1.807) is 17.0 Å². The van der Waals surface area contributed by atoms with E-state index in [-0.39, 0.29) is 11.6 Å². The Hall–Kier alpha value is -1.56. The summed E-state index contributed by atoms with van der Waals surface area (Å²) in [5, 5.41) is 10.8. The highest BCUT2D eigenvalue weighted by Gasteiger charge is 2.25. The van der Waals surface area contributed by atoms with Crippen molar-refractivity contribution in [2.45, 2.75) is 25.7 Å². The maximum absolute atomic E-state index is 11.9. The van der Waals surface area contributed by atoms with Crippen LogP contribution in [0.25, 0.3) is 0 Å². The molecule has 0 fully saturated rings. The molecule has 19 heavy (non-hydrogen) atoms. The maximum Gasteiger partial charge on any atom is 0.269 e. The average Bonchev–Trinajstić information content (AvgIpc) is 2.40. The molecule has 0 aliphatic carbocycles. The van der Waals surface area contributed by atoms with Crippen molar-refractivity contribution in [1.29, 1.82) is 0 Å². The molecule has 0 atom stereocenters. The number of fused-ring (bicyclic) bond motifs is 1. The molecule has 0 radical (unpaired) electrons. The number of unbranched alkanes of at least 4 members (excludes halogenated alkanes) is 1. The summed E-state index contributed by atoms with van der Waals surface area (Å²) in [5.41, 5.74) is 1.80. The second-order valence-corrected chi connectivity index (χ2v) is 4.99. The van der Waals surface area contributed by atoms with Gasteiger partial charge in [0.05, 0.1) is 4.92 Å². The Morgan fingerprint density at radius 1 is 1.32 bits per heavy atom. The molecule has 0 aromatic heterocycles. The SMILES string of the molecule is O=C1CCc2cc([N+](=O)[O-])ccc2N1CCCCS. The predicted octanol–water partition coefficient (Wildman–Crippen LogP) is 2.58. The van der Waals surface area contributed by atoms with E-state index in [0.717, 1.165) is 29.8 Å². The van der Waals surface area contributed by atoms with Crippen molar-refractivity contribution in [3.8, 4) is 0 Å². The second-order valence-electron chi connectivity index (χ2n) is 4.55. The van der Waals surface area contributed by atoms with Gasteiger partial charge in [0.1, 0.15) is 0 Å². The van der Waals surface area contributed by atoms with Gasteiger partial charge >= 0.3 is 0 Å². The number of carbonyl (C=O) groups is 1. The van der Waals surface area contributed by atoms with Crippen LogP contribution in [0.15, 0.2) is 18.2 Å². The third-order valence-electron chi connectivity index (χ3n) is 3.26. The molecule has 1 heterocycles. The molecule has 0 saturated heterocycles. The lowest BCUT2D eigenvalue weighted by Gasteiger charge is -2.29. The van der Waals surface area contributed by atoms with E-state index in [1.807, 2.05) is 0 Å². The third-order valence-corrected chi connectivity index (χ3v) is 3.58. The van der Waals surface area contributed by atoms with Crippen LogP contribution in [0.2, 0.25) is 0 Å². The van der Waals surface area contributed by atoms with Gasteiger partial charge in [0.15, 0.2) is 0 Å². The first-order valence-corrected chi connectivity index (χ1v) is 6.95. The van der Waals surface area contributed by atoms with Gasteiger partial charge in [0.2, 0.25) is 5.91 Å². The van der Waals surface area contributed by atoms with Crippen LogP contribution in [0, 0.1) is 10.1 Å². The summed E-state index contributed by atoms with van der Waals surface area (Å²) in [6, 6.07) is 4.72. The molecule has 0 N–H and O–H groups in total. The van der Waals surface area contributed by atoms with Gasteiger partial charge in [-0.15, -0.1) is 0 Å². The summed E-state index contributed by atoms with van der Waals surface area (Å²) in [5.74, 6) is 0.898. The van der Waals surface area contributed by atoms with E-state index in [9.17, 15) is 14.9 Å². The molecule has 0 unspecified atom stereocenters. The molecule has 1 aromatic carbocycles. The highest BCUT2D eigenvalue weighted by atomic mass is 32.1. The number of hydrogen-bond acceptors (Lipinski definition) is 4.